The molecule has 4 nitrogen and oxygen atoms in total. The lowest BCUT2D eigenvalue weighted by atomic mass is 10.2. The molecule has 2 aromatic heterocycles. The van der Waals surface area contributed by atoms with E-state index in [1.807, 2.05) is 0 Å². The first-order chi connectivity index (χ1) is 8.35. The van der Waals surface area contributed by atoms with Gasteiger partial charge in [-0.3, -0.25) is 0 Å². The molecule has 2 aromatic rings. The Morgan fingerprint density at radius 2 is 2.24 bits per heavy atom. The van der Waals surface area contributed by atoms with Crippen molar-refractivity contribution in [3.63, 3.8) is 0 Å². The molecule has 5 heteroatoms. The molecule has 0 amide bonds. The van der Waals surface area contributed by atoms with E-state index in [-0.39, 0.29) is 0 Å². The molecule has 92 valence electrons. The van der Waals surface area contributed by atoms with Gasteiger partial charge in [0.15, 0.2) is 0 Å². The molecular formula is C12H17N3OS. The van der Waals surface area contributed by atoms with E-state index in [1.54, 1.807) is 11.3 Å². The number of rotatable bonds is 6. The van der Waals surface area contributed by atoms with Crippen LogP contribution in [0.3, 0.4) is 0 Å². The Kier molecular flexibility index (Phi) is 4.28. The van der Waals surface area contributed by atoms with Gasteiger partial charge in [-0.05, 0) is 30.0 Å². The van der Waals surface area contributed by atoms with Gasteiger partial charge >= 0.3 is 0 Å². The zero-order valence-corrected chi connectivity index (χ0v) is 11.0. The lowest BCUT2D eigenvalue weighted by molar-refractivity contribution is 0.497. The molecule has 0 aromatic carbocycles. The zero-order valence-electron chi connectivity index (χ0n) is 10.2. The molecule has 0 bridgehead atoms. The van der Waals surface area contributed by atoms with Gasteiger partial charge in [0, 0.05) is 13.0 Å². The molecule has 0 aliphatic rings. The zero-order chi connectivity index (χ0) is 12.1. The van der Waals surface area contributed by atoms with Gasteiger partial charge in [-0.15, -0.1) is 21.5 Å². The van der Waals surface area contributed by atoms with Gasteiger partial charge < -0.3 is 9.73 Å². The highest BCUT2D eigenvalue weighted by molar-refractivity contribution is 7.13. The van der Waals surface area contributed by atoms with Crippen molar-refractivity contribution in [1.82, 2.24) is 15.5 Å². The van der Waals surface area contributed by atoms with Crippen molar-refractivity contribution < 1.29 is 4.42 Å². The van der Waals surface area contributed by atoms with Gasteiger partial charge in [0.2, 0.25) is 5.89 Å². The Labute approximate surface area is 105 Å². The van der Waals surface area contributed by atoms with Crippen LogP contribution in [0.1, 0.15) is 25.3 Å². The van der Waals surface area contributed by atoms with Crippen LogP contribution in [0.5, 0.6) is 0 Å². The second-order valence-corrected chi connectivity index (χ2v) is 4.65. The predicted octanol–water partition coefficient (Wildman–Crippen LogP) is 2.51. The van der Waals surface area contributed by atoms with E-state index in [2.05, 4.69) is 40.8 Å². The van der Waals surface area contributed by atoms with E-state index < -0.39 is 0 Å². The summed E-state index contributed by atoms with van der Waals surface area (Å²) < 4.78 is 5.67. The van der Waals surface area contributed by atoms with Crippen LogP contribution in [-0.2, 0) is 12.8 Å². The first kappa shape index (κ1) is 12.3. The van der Waals surface area contributed by atoms with Crippen LogP contribution in [0, 0.1) is 0 Å². The summed E-state index contributed by atoms with van der Waals surface area (Å²) in [5.74, 6) is 1.36. The molecule has 0 saturated carbocycles. The maximum Gasteiger partial charge on any atom is 0.258 e. The average molecular weight is 251 g/mol. The smallest absolute Gasteiger partial charge is 0.258 e. The van der Waals surface area contributed by atoms with Gasteiger partial charge in [0.1, 0.15) is 0 Å². The summed E-state index contributed by atoms with van der Waals surface area (Å²) in [7, 11) is 0. The van der Waals surface area contributed by atoms with Crippen molar-refractivity contribution in [3.05, 3.63) is 22.9 Å². The number of aromatic nitrogens is 2. The van der Waals surface area contributed by atoms with E-state index in [1.165, 1.54) is 5.56 Å². The molecule has 0 spiro atoms. The molecule has 0 atom stereocenters. The van der Waals surface area contributed by atoms with Crippen LogP contribution in [0.15, 0.2) is 15.9 Å². The summed E-state index contributed by atoms with van der Waals surface area (Å²) in [6.07, 6.45) is 1.78. The summed E-state index contributed by atoms with van der Waals surface area (Å²) in [6.45, 7) is 6.06. The molecule has 1 N–H and O–H groups in total. The lowest BCUT2D eigenvalue weighted by Crippen LogP contribution is -2.16. The van der Waals surface area contributed by atoms with Crippen LogP contribution in [0.2, 0.25) is 0 Å². The number of nitrogens with one attached hydrogen (secondary N) is 1. The minimum absolute atomic E-state index is 0.656. The quantitative estimate of drug-likeness (QED) is 0.801. The van der Waals surface area contributed by atoms with E-state index in [0.29, 0.717) is 11.8 Å². The number of hydrogen-bond donors (Lipinski definition) is 1. The second-order valence-electron chi connectivity index (χ2n) is 3.73. The molecule has 0 radical (unpaired) electrons. The van der Waals surface area contributed by atoms with Crippen molar-refractivity contribution in [2.24, 2.45) is 0 Å². The summed E-state index contributed by atoms with van der Waals surface area (Å²) >= 11 is 1.66. The van der Waals surface area contributed by atoms with Gasteiger partial charge in [-0.1, -0.05) is 13.8 Å². The topological polar surface area (TPSA) is 51.0 Å². The summed E-state index contributed by atoms with van der Waals surface area (Å²) in [5.41, 5.74) is 1.27. The Morgan fingerprint density at radius 1 is 1.35 bits per heavy atom. The van der Waals surface area contributed by atoms with Crippen LogP contribution in [-0.4, -0.2) is 23.3 Å². The second kappa shape index (κ2) is 5.93. The summed E-state index contributed by atoms with van der Waals surface area (Å²) in [6, 6.07) is 2.11. The van der Waals surface area contributed by atoms with Crippen LogP contribution in [0.4, 0.5) is 0 Å². The maximum absolute atomic E-state index is 5.67. The Bertz CT molecular complexity index is 464. The van der Waals surface area contributed by atoms with Crippen molar-refractivity contribution in [3.8, 4) is 10.8 Å². The van der Waals surface area contributed by atoms with Gasteiger partial charge in [0.05, 0.1) is 4.88 Å². The fraction of sp³-hybridized carbons (Fsp3) is 0.500. The van der Waals surface area contributed by atoms with E-state index in [9.17, 15) is 0 Å². The Balaban J connectivity index is 2.07. The highest BCUT2D eigenvalue weighted by Gasteiger charge is 2.12. The SMILES string of the molecule is CCNCCc1nnc(-c2sccc2CC)o1. The summed E-state index contributed by atoms with van der Waals surface area (Å²) in [4.78, 5) is 1.11. The van der Waals surface area contributed by atoms with E-state index in [4.69, 9.17) is 4.42 Å². The fourth-order valence-electron chi connectivity index (χ4n) is 1.62. The molecule has 0 saturated heterocycles. The first-order valence-electron chi connectivity index (χ1n) is 5.95. The lowest BCUT2D eigenvalue weighted by Gasteiger charge is -1.96. The summed E-state index contributed by atoms with van der Waals surface area (Å²) in [5, 5.41) is 13.5. The molecule has 17 heavy (non-hydrogen) atoms. The van der Waals surface area contributed by atoms with E-state index in [0.717, 1.165) is 30.8 Å². The monoisotopic (exact) mass is 251 g/mol. The van der Waals surface area contributed by atoms with E-state index >= 15 is 0 Å². The molecule has 2 rings (SSSR count). The largest absolute Gasteiger partial charge is 0.420 e. The third-order valence-corrected chi connectivity index (χ3v) is 3.50. The fourth-order valence-corrected chi connectivity index (χ4v) is 2.54. The van der Waals surface area contributed by atoms with Gasteiger partial charge in [-0.2, -0.15) is 0 Å². The van der Waals surface area contributed by atoms with Crippen molar-refractivity contribution in [2.75, 3.05) is 13.1 Å². The van der Waals surface area contributed by atoms with Crippen LogP contribution >= 0.6 is 11.3 Å². The third-order valence-electron chi connectivity index (χ3n) is 2.55. The van der Waals surface area contributed by atoms with Crippen LogP contribution in [0.25, 0.3) is 10.8 Å². The molecule has 0 fully saturated rings. The normalized spacial score (nSPS) is 10.9. The Hall–Kier alpha value is -1.20. The number of aryl methyl sites for hydroxylation is 1. The number of thiophene rings is 1. The minimum Gasteiger partial charge on any atom is -0.420 e. The number of hydrogen-bond acceptors (Lipinski definition) is 5. The maximum atomic E-state index is 5.67. The van der Waals surface area contributed by atoms with Gasteiger partial charge in [-0.25, -0.2) is 0 Å². The first-order valence-corrected chi connectivity index (χ1v) is 6.83. The molecular weight excluding hydrogens is 234 g/mol. The molecule has 2 heterocycles. The van der Waals surface area contributed by atoms with Gasteiger partial charge in [0.25, 0.3) is 5.89 Å². The number of nitrogens with zero attached hydrogens (tertiary/aromatic N) is 2. The molecule has 0 unspecified atom stereocenters. The van der Waals surface area contributed by atoms with Crippen molar-refractivity contribution in [2.45, 2.75) is 26.7 Å². The third kappa shape index (κ3) is 2.92. The van der Waals surface area contributed by atoms with Crippen LogP contribution < -0.4 is 5.32 Å². The van der Waals surface area contributed by atoms with Crippen molar-refractivity contribution >= 4 is 11.3 Å². The Morgan fingerprint density at radius 3 is 3.00 bits per heavy atom. The van der Waals surface area contributed by atoms with Crippen molar-refractivity contribution in [1.29, 1.82) is 0 Å². The average Bonchev–Trinajstić information content (AvgIpc) is 2.96. The predicted molar refractivity (Wildman–Crippen MR) is 69.2 cm³/mol. The number of likely N-dealkylation sites (N-methyl/N-ethyl adjacent to an activating group) is 1. The molecule has 0 aliphatic heterocycles. The molecule has 0 aliphatic carbocycles. The standard InChI is InChI=1S/C12H17N3OS/c1-3-9-6-8-17-11(9)12-15-14-10(16-12)5-7-13-4-2/h6,8,13H,3-5,7H2,1-2H3. The minimum atomic E-state index is 0.656. The highest BCUT2D eigenvalue weighted by atomic mass is 32.1. The highest BCUT2D eigenvalue weighted by Crippen LogP contribution is 2.28.